The van der Waals surface area contributed by atoms with E-state index in [1.807, 2.05) is 22.6 Å². The number of benzene rings is 1. The summed E-state index contributed by atoms with van der Waals surface area (Å²) >= 11 is 4.02. The van der Waals surface area contributed by atoms with Gasteiger partial charge in [0.2, 0.25) is 0 Å². The van der Waals surface area contributed by atoms with Crippen molar-refractivity contribution in [2.75, 3.05) is 0 Å². The molecule has 0 aliphatic carbocycles. The molecule has 0 aromatic heterocycles. The van der Waals surface area contributed by atoms with Gasteiger partial charge >= 0.3 is 42.6 Å². The van der Waals surface area contributed by atoms with E-state index in [4.69, 9.17) is 0 Å². The molecule has 1 aromatic carbocycles. The maximum atomic E-state index is 13.5. The fraction of sp³-hybridized carbons (Fsp3) is 0.647. The Morgan fingerprint density at radius 2 is 1.52 bits per heavy atom. The summed E-state index contributed by atoms with van der Waals surface area (Å²) in [7, 11) is 0. The summed E-state index contributed by atoms with van der Waals surface area (Å²) in [6.45, 7) is 4.37. The van der Waals surface area contributed by atoms with Gasteiger partial charge < -0.3 is 0 Å². The first-order valence-electron chi connectivity index (χ1n) is 8.20. The second-order valence-electron chi connectivity index (χ2n) is 5.35. The third-order valence-electron chi connectivity index (χ3n) is 3.37. The van der Waals surface area contributed by atoms with Crippen LogP contribution in [-0.4, -0.2) is 17.7 Å². The van der Waals surface area contributed by atoms with Crippen molar-refractivity contribution in [3.8, 4) is 0 Å². The van der Waals surface area contributed by atoms with Gasteiger partial charge in [-0.2, -0.15) is 0 Å². The van der Waals surface area contributed by atoms with E-state index in [1.165, 1.54) is 37.2 Å². The van der Waals surface area contributed by atoms with Gasteiger partial charge in [0.15, 0.2) is 11.6 Å². The van der Waals surface area contributed by atoms with Crippen LogP contribution in [0.5, 0.6) is 0 Å². The molecule has 4 heteroatoms. The van der Waals surface area contributed by atoms with Gasteiger partial charge in [-0.1, -0.05) is 38.7 Å². The fourth-order valence-corrected chi connectivity index (χ4v) is 2.45. The maximum absolute atomic E-state index is 13.5. The summed E-state index contributed by atoms with van der Waals surface area (Å²) < 4.78 is 27.0. The summed E-state index contributed by atoms with van der Waals surface area (Å²) in [6, 6.07) is 3.33. The summed E-state index contributed by atoms with van der Waals surface area (Å²) in [6.07, 6.45) is 9.03. The molecule has 0 atom stereocenters. The molecule has 0 saturated heterocycles. The van der Waals surface area contributed by atoms with Crippen LogP contribution in [0.2, 0.25) is 5.09 Å². The topological polar surface area (TPSA) is 0 Å². The Hall–Kier alpha value is 0.407. The van der Waals surface area contributed by atoms with E-state index in [0.717, 1.165) is 12.8 Å². The Labute approximate surface area is 151 Å². The van der Waals surface area contributed by atoms with Crippen molar-refractivity contribution in [3.05, 3.63) is 32.9 Å². The van der Waals surface area contributed by atoms with Crippen LogP contribution in [0.4, 0.5) is 8.78 Å². The van der Waals surface area contributed by atoms with E-state index >= 15 is 0 Å². The Morgan fingerprint density at radius 1 is 0.905 bits per heavy atom. The first kappa shape index (κ1) is 21.4. The zero-order valence-electron chi connectivity index (χ0n) is 13.7. The number of aryl methyl sites for hydroxylation is 1. The molecule has 1 rings (SSSR count). The average Bonchev–Trinajstić information content (AvgIpc) is 2.48. The van der Waals surface area contributed by atoms with Gasteiger partial charge in [-0.25, -0.2) is 8.78 Å². The van der Waals surface area contributed by atoms with Gasteiger partial charge in [0.05, 0.1) is 3.57 Å². The number of hydrogen-bond acceptors (Lipinski definition) is 0. The molecule has 0 saturated carbocycles. The van der Waals surface area contributed by atoms with E-state index in [-0.39, 0.29) is 0 Å². The van der Waals surface area contributed by atoms with Crippen molar-refractivity contribution in [1.29, 1.82) is 0 Å². The molecule has 0 nitrogen and oxygen atoms in total. The molecule has 0 spiro atoms. The summed E-state index contributed by atoms with van der Waals surface area (Å²) in [5.41, 5.74) is 0.509. The predicted octanol–water partition coefficient (Wildman–Crippen LogP) is 6.46. The molecule has 0 amide bonds. The van der Waals surface area contributed by atoms with Gasteiger partial charge in [-0.15, -0.1) is 0 Å². The van der Waals surface area contributed by atoms with Gasteiger partial charge in [0, 0.05) is 0 Å². The van der Waals surface area contributed by atoms with Gasteiger partial charge in [0.1, 0.15) is 0 Å². The van der Waals surface area contributed by atoms with Crippen molar-refractivity contribution in [1.82, 2.24) is 0 Å². The molecule has 0 aliphatic heterocycles. The minimum atomic E-state index is -0.702. The van der Waals surface area contributed by atoms with Crippen LogP contribution in [-0.2, 0) is 6.42 Å². The van der Waals surface area contributed by atoms with Crippen molar-refractivity contribution < 1.29 is 8.78 Å². The Kier molecular flexibility index (Phi) is 14.3. The molecular weight excluding hydrogens is 376 g/mol. The summed E-state index contributed by atoms with van der Waals surface area (Å²) in [5.74, 6) is -1.37. The first-order chi connectivity index (χ1) is 10.1. The Morgan fingerprint density at radius 3 is 2.05 bits per heavy atom. The third-order valence-corrected chi connectivity index (χ3v) is 4.21. The summed E-state index contributed by atoms with van der Waals surface area (Å²) in [5, 5.41) is 1.34. The van der Waals surface area contributed by atoms with E-state index in [0.29, 0.717) is 15.6 Å². The standard InChI is InChI=1S/C13H17F2I.C4H9.Li/c1-2-3-4-5-6-7-10-8-9-11(16)13(15)12(10)14;1-3-4-2;/h8-9H,2-7H2,1H3;1,3-4H2,2H3;. The van der Waals surface area contributed by atoms with Crippen LogP contribution >= 0.6 is 22.6 Å². The van der Waals surface area contributed by atoms with Crippen LogP contribution in [0.1, 0.15) is 64.4 Å². The molecule has 0 fully saturated rings. The summed E-state index contributed by atoms with van der Waals surface area (Å²) in [4.78, 5) is 0. The van der Waals surface area contributed by atoms with Crippen molar-refractivity contribution in [2.45, 2.75) is 70.3 Å². The zero-order chi connectivity index (χ0) is 16.1. The van der Waals surface area contributed by atoms with Crippen LogP contribution in [0, 0.1) is 15.2 Å². The predicted molar refractivity (Wildman–Crippen MR) is 97.0 cm³/mol. The second kappa shape index (κ2) is 14.0. The van der Waals surface area contributed by atoms with Crippen molar-refractivity contribution >= 4 is 40.3 Å². The normalized spacial score (nSPS) is 10.2. The van der Waals surface area contributed by atoms with Crippen LogP contribution in [0.3, 0.4) is 0 Å². The van der Waals surface area contributed by atoms with Gasteiger partial charge in [0.25, 0.3) is 0 Å². The van der Waals surface area contributed by atoms with E-state index < -0.39 is 11.6 Å². The SMILES string of the molecule is CCCCCCCc1ccc(I)c(F)c1F.[Li][CH2]CCC. The molecular formula is C17H26F2ILi. The number of halogens is 3. The molecule has 1 aromatic rings. The fourth-order valence-electron chi connectivity index (χ4n) is 2.03. The molecule has 0 unspecified atom stereocenters. The monoisotopic (exact) mass is 402 g/mol. The third kappa shape index (κ3) is 9.92. The van der Waals surface area contributed by atoms with Crippen LogP contribution in [0.25, 0.3) is 0 Å². The first-order valence-corrected chi connectivity index (χ1v) is 9.28. The molecule has 0 heterocycles. The molecule has 0 radical (unpaired) electrons. The molecule has 0 N–H and O–H groups in total. The molecule has 116 valence electrons. The van der Waals surface area contributed by atoms with Gasteiger partial charge in [-0.05, 0) is 47.1 Å². The zero-order valence-corrected chi connectivity index (χ0v) is 15.8. The van der Waals surface area contributed by atoms with E-state index in [1.54, 1.807) is 12.1 Å². The molecule has 0 aliphatic rings. The quantitative estimate of drug-likeness (QED) is 0.203. The molecule has 0 bridgehead atoms. The minimum absolute atomic E-state index is 0.352. The van der Waals surface area contributed by atoms with E-state index in [2.05, 4.69) is 31.6 Å². The average molecular weight is 402 g/mol. The van der Waals surface area contributed by atoms with Crippen molar-refractivity contribution in [2.24, 2.45) is 0 Å². The Balaban J connectivity index is 0.000000690. The molecule has 21 heavy (non-hydrogen) atoms. The second-order valence-corrected chi connectivity index (χ2v) is 6.51. The van der Waals surface area contributed by atoms with Crippen LogP contribution in [0.15, 0.2) is 12.1 Å². The van der Waals surface area contributed by atoms with Gasteiger partial charge in [-0.3, -0.25) is 0 Å². The van der Waals surface area contributed by atoms with E-state index in [9.17, 15) is 8.78 Å². The Bertz CT molecular complexity index is 381. The number of unbranched alkanes of at least 4 members (excludes halogenated alkanes) is 5. The number of hydrogen-bond donors (Lipinski definition) is 0. The van der Waals surface area contributed by atoms with Crippen LogP contribution < -0.4 is 0 Å². The van der Waals surface area contributed by atoms with Crippen molar-refractivity contribution in [3.63, 3.8) is 0 Å². The number of rotatable bonds is 8.